The van der Waals surface area contributed by atoms with E-state index in [0.717, 1.165) is 10.0 Å². The van der Waals surface area contributed by atoms with Gasteiger partial charge in [0.1, 0.15) is 17.2 Å². The summed E-state index contributed by atoms with van der Waals surface area (Å²) in [7, 11) is 0. The molecule has 0 spiro atoms. The summed E-state index contributed by atoms with van der Waals surface area (Å²) >= 11 is 9.16. The first-order valence-electron chi connectivity index (χ1n) is 6.78. The van der Waals surface area contributed by atoms with Gasteiger partial charge in [-0.05, 0) is 59.6 Å². The lowest BCUT2D eigenvalue weighted by molar-refractivity contribution is 0.102. The van der Waals surface area contributed by atoms with Crippen LogP contribution in [0.5, 0.6) is 0 Å². The van der Waals surface area contributed by atoms with Crippen molar-refractivity contribution in [1.82, 2.24) is 9.38 Å². The average molecular weight is 397 g/mol. The van der Waals surface area contributed by atoms with Crippen molar-refractivity contribution in [2.24, 2.45) is 0 Å². The van der Waals surface area contributed by atoms with Crippen molar-refractivity contribution in [1.29, 1.82) is 0 Å². The summed E-state index contributed by atoms with van der Waals surface area (Å²) < 4.78 is 15.8. The normalized spacial score (nSPS) is 11.0. The number of halogens is 3. The topological polar surface area (TPSA) is 46.4 Å². The van der Waals surface area contributed by atoms with Crippen LogP contribution in [-0.2, 0) is 0 Å². The van der Waals surface area contributed by atoms with Gasteiger partial charge in [0.2, 0.25) is 0 Å². The Balaban J connectivity index is 2.04. The van der Waals surface area contributed by atoms with E-state index in [1.165, 1.54) is 18.2 Å². The van der Waals surface area contributed by atoms with Crippen molar-refractivity contribution in [2.45, 2.75) is 13.8 Å². The molecule has 23 heavy (non-hydrogen) atoms. The summed E-state index contributed by atoms with van der Waals surface area (Å²) in [5.41, 5.74) is 3.11. The van der Waals surface area contributed by atoms with E-state index in [-0.39, 0.29) is 10.9 Å². The summed E-state index contributed by atoms with van der Waals surface area (Å²) in [5, 5.41) is 2.67. The summed E-state index contributed by atoms with van der Waals surface area (Å²) in [4.78, 5) is 17.0. The van der Waals surface area contributed by atoms with Crippen molar-refractivity contribution in [3.05, 3.63) is 62.7 Å². The van der Waals surface area contributed by atoms with Crippen LogP contribution in [0.4, 0.5) is 10.1 Å². The van der Waals surface area contributed by atoms with Crippen LogP contribution >= 0.6 is 27.5 Å². The van der Waals surface area contributed by atoms with E-state index >= 15 is 0 Å². The van der Waals surface area contributed by atoms with Crippen molar-refractivity contribution in [3.63, 3.8) is 0 Å². The van der Waals surface area contributed by atoms with Crippen LogP contribution in [0.1, 0.15) is 21.7 Å². The second kappa shape index (κ2) is 5.94. The second-order valence-corrected chi connectivity index (χ2v) is 6.49. The molecule has 0 saturated heterocycles. The average Bonchev–Trinajstić information content (AvgIpc) is 2.79. The van der Waals surface area contributed by atoms with Gasteiger partial charge in [-0.15, -0.1) is 0 Å². The van der Waals surface area contributed by atoms with Crippen LogP contribution in [0, 0.1) is 19.7 Å². The molecule has 1 amide bonds. The Hall–Kier alpha value is -1.92. The maximum atomic E-state index is 13.2. The lowest BCUT2D eigenvalue weighted by atomic mass is 10.2. The molecular formula is C16H12BrClFN3O. The van der Waals surface area contributed by atoms with Gasteiger partial charge in [-0.25, -0.2) is 9.37 Å². The number of hydrogen-bond acceptors (Lipinski definition) is 2. The number of benzene rings is 1. The number of nitrogens with one attached hydrogen (secondary N) is 1. The number of rotatable bonds is 2. The molecule has 3 aromatic rings. The van der Waals surface area contributed by atoms with E-state index in [4.69, 9.17) is 11.6 Å². The molecule has 0 atom stereocenters. The van der Waals surface area contributed by atoms with Gasteiger partial charge in [-0.2, -0.15) is 0 Å². The number of fused-ring (bicyclic) bond motifs is 1. The third-order valence-electron chi connectivity index (χ3n) is 3.44. The molecule has 4 nitrogen and oxygen atoms in total. The highest BCUT2D eigenvalue weighted by atomic mass is 79.9. The maximum absolute atomic E-state index is 13.2. The highest BCUT2D eigenvalue weighted by molar-refractivity contribution is 9.10. The minimum atomic E-state index is -0.532. The van der Waals surface area contributed by atoms with Crippen molar-refractivity contribution < 1.29 is 9.18 Å². The highest BCUT2D eigenvalue weighted by Gasteiger charge is 2.18. The predicted molar refractivity (Wildman–Crippen MR) is 91.7 cm³/mol. The van der Waals surface area contributed by atoms with Crippen LogP contribution in [0.15, 0.2) is 34.9 Å². The van der Waals surface area contributed by atoms with Gasteiger partial charge in [-0.3, -0.25) is 9.20 Å². The van der Waals surface area contributed by atoms with E-state index < -0.39 is 5.82 Å². The number of aryl methyl sites for hydroxylation is 2. The molecule has 0 saturated carbocycles. The molecule has 2 heterocycles. The maximum Gasteiger partial charge on any atom is 0.274 e. The van der Waals surface area contributed by atoms with E-state index in [0.29, 0.717) is 22.7 Å². The molecule has 0 aliphatic heterocycles. The molecule has 0 aliphatic carbocycles. The fourth-order valence-corrected chi connectivity index (χ4v) is 3.15. The minimum absolute atomic E-state index is 0.0451. The summed E-state index contributed by atoms with van der Waals surface area (Å²) in [6, 6.07) is 5.97. The zero-order valence-corrected chi connectivity index (χ0v) is 14.7. The molecule has 0 radical (unpaired) electrons. The molecule has 1 N–H and O–H groups in total. The summed E-state index contributed by atoms with van der Waals surface area (Å²) in [6.45, 7) is 3.70. The Bertz CT molecular complexity index is 939. The Kier molecular flexibility index (Phi) is 4.12. The quantitative estimate of drug-likeness (QED) is 0.679. The van der Waals surface area contributed by atoms with E-state index in [1.807, 2.05) is 13.0 Å². The monoisotopic (exact) mass is 395 g/mol. The third-order valence-corrected chi connectivity index (χ3v) is 4.16. The lowest BCUT2D eigenvalue weighted by Gasteiger charge is -2.07. The van der Waals surface area contributed by atoms with Crippen LogP contribution in [-0.4, -0.2) is 15.3 Å². The number of hydrogen-bond donors (Lipinski definition) is 1. The first-order chi connectivity index (χ1) is 10.9. The summed E-state index contributed by atoms with van der Waals surface area (Å²) in [6.07, 6.45) is 1.79. The van der Waals surface area contributed by atoms with Gasteiger partial charge in [0.25, 0.3) is 5.91 Å². The van der Waals surface area contributed by atoms with Crippen molar-refractivity contribution in [2.75, 3.05) is 5.32 Å². The van der Waals surface area contributed by atoms with E-state index in [1.54, 1.807) is 17.5 Å². The fourth-order valence-electron chi connectivity index (χ4n) is 2.42. The van der Waals surface area contributed by atoms with Crippen LogP contribution in [0.3, 0.4) is 0 Å². The van der Waals surface area contributed by atoms with Gasteiger partial charge in [0.15, 0.2) is 0 Å². The Labute approximate surface area is 145 Å². The molecule has 0 aliphatic rings. The third kappa shape index (κ3) is 2.96. The molecule has 0 bridgehead atoms. The second-order valence-electron chi connectivity index (χ2n) is 5.16. The van der Waals surface area contributed by atoms with Crippen LogP contribution < -0.4 is 5.32 Å². The molecule has 0 fully saturated rings. The largest absolute Gasteiger partial charge is 0.321 e. The SMILES string of the molecule is Cc1nc2c(C)cc(Br)cn2c1C(=O)Nc1ccc(F)c(Cl)c1. The molecule has 118 valence electrons. The predicted octanol–water partition coefficient (Wildman–Crippen LogP) is 4.76. The van der Waals surface area contributed by atoms with E-state index in [9.17, 15) is 9.18 Å². The number of nitrogens with zero attached hydrogens (tertiary/aromatic N) is 2. The molecule has 1 aromatic carbocycles. The van der Waals surface area contributed by atoms with Gasteiger partial charge in [-0.1, -0.05) is 11.6 Å². The molecule has 2 aromatic heterocycles. The van der Waals surface area contributed by atoms with Crippen molar-refractivity contribution in [3.8, 4) is 0 Å². The molecule has 7 heteroatoms. The van der Waals surface area contributed by atoms with Gasteiger partial charge >= 0.3 is 0 Å². The van der Waals surface area contributed by atoms with Crippen LogP contribution in [0.2, 0.25) is 5.02 Å². The Morgan fingerprint density at radius 2 is 2.09 bits per heavy atom. The number of carbonyl (C=O) groups is 1. The number of anilines is 1. The first-order valence-corrected chi connectivity index (χ1v) is 7.95. The van der Waals surface area contributed by atoms with Crippen LogP contribution in [0.25, 0.3) is 5.65 Å². The number of imidazole rings is 1. The Morgan fingerprint density at radius 1 is 1.35 bits per heavy atom. The lowest BCUT2D eigenvalue weighted by Crippen LogP contribution is -2.15. The van der Waals surface area contributed by atoms with E-state index in [2.05, 4.69) is 26.2 Å². The Morgan fingerprint density at radius 3 is 2.78 bits per heavy atom. The summed E-state index contributed by atoms with van der Waals surface area (Å²) in [5.74, 6) is -0.870. The van der Waals surface area contributed by atoms with Gasteiger partial charge < -0.3 is 5.32 Å². The van der Waals surface area contributed by atoms with Gasteiger partial charge in [0, 0.05) is 16.4 Å². The molecular weight excluding hydrogens is 385 g/mol. The number of carbonyl (C=O) groups excluding carboxylic acids is 1. The molecule has 0 unspecified atom stereocenters. The smallest absolute Gasteiger partial charge is 0.274 e. The minimum Gasteiger partial charge on any atom is -0.321 e. The number of pyridine rings is 1. The highest BCUT2D eigenvalue weighted by Crippen LogP contribution is 2.23. The first kappa shape index (κ1) is 16.0. The van der Waals surface area contributed by atoms with Gasteiger partial charge in [0.05, 0.1) is 10.7 Å². The zero-order valence-electron chi connectivity index (χ0n) is 12.3. The zero-order chi connectivity index (χ0) is 16.7. The number of aromatic nitrogens is 2. The fraction of sp³-hybridized carbons (Fsp3) is 0.125. The standard InChI is InChI=1S/C16H12BrClFN3O/c1-8-5-10(17)7-22-14(9(2)20-15(8)22)16(23)21-11-3-4-13(19)12(18)6-11/h3-7H,1-2H3,(H,21,23). The van der Waals surface area contributed by atoms with Crippen molar-refractivity contribution >= 4 is 44.8 Å². The number of amides is 1. The molecule has 3 rings (SSSR count).